The Morgan fingerprint density at radius 2 is 1.15 bits per heavy atom. The molecule has 1 atom stereocenters. The van der Waals surface area contributed by atoms with Crippen LogP contribution in [0.15, 0.2) is 124 Å². The topological polar surface area (TPSA) is 80.7 Å². The molecule has 4 aromatic carbocycles. The Morgan fingerprint density at radius 1 is 0.525 bits per heavy atom. The first-order chi connectivity index (χ1) is 19.8. The Hall–Kier alpha value is -5.49. The predicted octanol–water partition coefficient (Wildman–Crippen LogP) is 6.59. The smallest absolute Gasteiger partial charge is 0.140 e. The zero-order chi connectivity index (χ0) is 26.2. The van der Waals surface area contributed by atoms with Gasteiger partial charge < -0.3 is 15.3 Å². The van der Waals surface area contributed by atoms with Gasteiger partial charge in [-0.05, 0) is 17.7 Å². The predicted molar refractivity (Wildman–Crippen MR) is 160 cm³/mol. The molecule has 6 heteroatoms. The Bertz CT molecular complexity index is 2260. The maximum atomic E-state index is 5.19. The van der Waals surface area contributed by atoms with E-state index in [1.165, 1.54) is 5.56 Å². The molecular formula is C34H22N6. The zero-order valence-electron chi connectivity index (χ0n) is 21.3. The molecule has 9 rings (SSSR count). The molecule has 1 unspecified atom stereocenters. The second kappa shape index (κ2) is 8.01. The van der Waals surface area contributed by atoms with Crippen LogP contribution < -0.4 is 16.3 Å². The minimum Gasteiger partial charge on any atom is -0.361 e. The minimum atomic E-state index is -0.0468. The van der Waals surface area contributed by atoms with E-state index < -0.39 is 0 Å². The molecular weight excluding hydrogens is 492 g/mol. The molecule has 40 heavy (non-hydrogen) atoms. The number of hydrogen-bond acceptors (Lipinski definition) is 4. The van der Waals surface area contributed by atoms with Crippen molar-refractivity contribution in [3.8, 4) is 0 Å². The lowest BCUT2D eigenvalue weighted by atomic mass is 10.1. The third-order valence-electron chi connectivity index (χ3n) is 8.01. The van der Waals surface area contributed by atoms with Gasteiger partial charge >= 0.3 is 0 Å². The number of benzene rings is 4. The molecule has 3 aliphatic rings. The molecule has 2 aromatic heterocycles. The molecule has 0 amide bonds. The molecule has 0 spiro atoms. The van der Waals surface area contributed by atoms with Crippen molar-refractivity contribution in [1.29, 1.82) is 0 Å². The van der Waals surface area contributed by atoms with Gasteiger partial charge in [0, 0.05) is 38.2 Å². The summed E-state index contributed by atoms with van der Waals surface area (Å²) >= 11 is 0. The highest BCUT2D eigenvalue weighted by Crippen LogP contribution is 2.40. The Morgan fingerprint density at radius 3 is 1.95 bits per heavy atom. The fourth-order valence-corrected chi connectivity index (χ4v) is 6.15. The second-order valence-electron chi connectivity index (χ2n) is 10.3. The van der Waals surface area contributed by atoms with Crippen molar-refractivity contribution in [3.05, 3.63) is 142 Å². The van der Waals surface area contributed by atoms with E-state index in [1.807, 2.05) is 18.2 Å². The molecule has 3 N–H and O–H groups in total. The number of anilines is 1. The molecule has 3 heterocycles. The fraction of sp³-hybridized carbons (Fsp3) is 0.0294. The lowest BCUT2D eigenvalue weighted by Crippen LogP contribution is -2.11. The summed E-state index contributed by atoms with van der Waals surface area (Å²) < 4.78 is 0. The number of H-pyrrole nitrogens is 2. The molecule has 0 saturated carbocycles. The van der Waals surface area contributed by atoms with Gasteiger partial charge in [0.1, 0.15) is 22.6 Å². The Labute approximate surface area is 228 Å². The number of nitrogens with zero attached hydrogens (tertiary/aromatic N) is 3. The molecule has 1 aliphatic heterocycles. The number of rotatable bonds is 0. The van der Waals surface area contributed by atoms with Crippen LogP contribution in [0.4, 0.5) is 11.6 Å². The highest BCUT2D eigenvalue weighted by molar-refractivity contribution is 6.21. The maximum Gasteiger partial charge on any atom is 0.140 e. The molecule has 0 radical (unpaired) electrons. The van der Waals surface area contributed by atoms with Crippen molar-refractivity contribution in [2.24, 2.45) is 15.0 Å². The molecule has 0 fully saturated rings. The number of hydrogen-bond donors (Lipinski definition) is 3. The van der Waals surface area contributed by atoms with Crippen LogP contribution >= 0.6 is 0 Å². The van der Waals surface area contributed by atoms with Crippen LogP contribution in [0.2, 0.25) is 0 Å². The summed E-state index contributed by atoms with van der Waals surface area (Å²) in [5, 5.41) is 8.01. The Balaban J connectivity index is 1.39. The standard InChI is InChI=1S/C34H22N6/c1-2-10-20-19(9-1)27-17-28(20)36-32-25-15-7-8-16-26(25)34(40-32)38-30-18-29(21-11-3-4-12-22(21)30)37-33-24-14-6-5-13-23(24)31(35-27)39-33/h1-18,27,35,39H,(H,36,38,40)/b37-29+. The third-order valence-corrected chi connectivity index (χ3v) is 8.01. The first-order valence-electron chi connectivity index (χ1n) is 13.4. The average Bonchev–Trinajstić information content (AvgIpc) is 3.73. The number of allylic oxidation sites excluding steroid dienone is 1. The number of aromatic amines is 2. The van der Waals surface area contributed by atoms with Gasteiger partial charge in [-0.15, -0.1) is 0 Å². The number of aromatic nitrogens is 2. The van der Waals surface area contributed by atoms with Gasteiger partial charge in [0.15, 0.2) is 0 Å². The van der Waals surface area contributed by atoms with Crippen molar-refractivity contribution < 1.29 is 0 Å². The van der Waals surface area contributed by atoms with Crippen LogP contribution in [0.1, 0.15) is 28.3 Å². The summed E-state index contributed by atoms with van der Waals surface area (Å²) in [5.41, 5.74) is 8.72. The van der Waals surface area contributed by atoms with Gasteiger partial charge in [-0.1, -0.05) is 97.1 Å². The van der Waals surface area contributed by atoms with Gasteiger partial charge in [0.2, 0.25) is 0 Å². The SMILES string of the molecule is C1=C2N=c3[nH]c(c4ccccc34)=NC3=CC(Nc4[nH]c(c5ccccc45)/N=C\1c1ccccc12)c1ccccc13. The first-order valence-corrected chi connectivity index (χ1v) is 13.4. The average molecular weight is 515 g/mol. The monoisotopic (exact) mass is 514 g/mol. The van der Waals surface area contributed by atoms with Crippen molar-refractivity contribution in [2.45, 2.75) is 6.04 Å². The van der Waals surface area contributed by atoms with Gasteiger partial charge in [0.25, 0.3) is 0 Å². The summed E-state index contributed by atoms with van der Waals surface area (Å²) in [6, 6.07) is 33.4. The maximum absolute atomic E-state index is 5.19. The third kappa shape index (κ3) is 3.07. The number of nitrogens with one attached hydrogen (secondary N) is 3. The van der Waals surface area contributed by atoms with E-state index in [1.54, 1.807) is 0 Å². The van der Waals surface area contributed by atoms with E-state index in [2.05, 4.69) is 106 Å². The molecule has 6 nitrogen and oxygen atoms in total. The van der Waals surface area contributed by atoms with Crippen LogP contribution in [-0.4, -0.2) is 15.7 Å². The van der Waals surface area contributed by atoms with Crippen molar-refractivity contribution in [1.82, 2.24) is 9.97 Å². The largest absolute Gasteiger partial charge is 0.361 e. The molecule has 6 aromatic rings. The highest BCUT2D eigenvalue weighted by atomic mass is 15.1. The zero-order valence-corrected chi connectivity index (χ0v) is 21.3. The Kier molecular flexibility index (Phi) is 4.29. The van der Waals surface area contributed by atoms with Crippen LogP contribution in [-0.2, 0) is 0 Å². The van der Waals surface area contributed by atoms with Gasteiger partial charge in [-0.25, -0.2) is 15.0 Å². The van der Waals surface area contributed by atoms with E-state index >= 15 is 0 Å². The minimum absolute atomic E-state index is 0.0468. The van der Waals surface area contributed by atoms with Crippen LogP contribution in [0.3, 0.4) is 0 Å². The van der Waals surface area contributed by atoms with Crippen LogP contribution in [0.5, 0.6) is 0 Å². The van der Waals surface area contributed by atoms with E-state index in [-0.39, 0.29) is 6.04 Å². The molecule has 188 valence electrons. The van der Waals surface area contributed by atoms with Gasteiger partial charge in [-0.2, -0.15) is 0 Å². The van der Waals surface area contributed by atoms with E-state index in [0.717, 1.165) is 78.0 Å². The van der Waals surface area contributed by atoms with Gasteiger partial charge in [-0.3, -0.25) is 0 Å². The van der Waals surface area contributed by atoms with E-state index in [0.29, 0.717) is 0 Å². The summed E-state index contributed by atoms with van der Waals surface area (Å²) in [6.45, 7) is 0. The lowest BCUT2D eigenvalue weighted by molar-refractivity contribution is 0.995. The second-order valence-corrected chi connectivity index (χ2v) is 10.3. The van der Waals surface area contributed by atoms with E-state index in [9.17, 15) is 0 Å². The first kappa shape index (κ1) is 21.4. The van der Waals surface area contributed by atoms with Crippen LogP contribution in [0.25, 0.3) is 32.9 Å². The van der Waals surface area contributed by atoms with Crippen molar-refractivity contribution >= 4 is 50.3 Å². The lowest BCUT2D eigenvalue weighted by Gasteiger charge is -2.13. The quantitative estimate of drug-likeness (QED) is 0.210. The normalized spacial score (nSPS) is 18.1. The fourth-order valence-electron chi connectivity index (χ4n) is 6.15. The molecule has 2 aliphatic carbocycles. The summed E-state index contributed by atoms with van der Waals surface area (Å²) in [5.74, 6) is 1.76. The summed E-state index contributed by atoms with van der Waals surface area (Å²) in [7, 11) is 0. The molecule has 8 bridgehead atoms. The van der Waals surface area contributed by atoms with Crippen LogP contribution in [0, 0.1) is 0 Å². The van der Waals surface area contributed by atoms with Crippen molar-refractivity contribution in [3.63, 3.8) is 0 Å². The number of fused-ring (bicyclic) bond motifs is 18. The van der Waals surface area contributed by atoms with Gasteiger partial charge in [0.05, 0.1) is 23.1 Å². The van der Waals surface area contributed by atoms with E-state index in [4.69, 9.17) is 15.0 Å². The summed E-state index contributed by atoms with van der Waals surface area (Å²) in [4.78, 5) is 22.7. The summed E-state index contributed by atoms with van der Waals surface area (Å²) in [6.07, 6.45) is 4.28. The molecule has 0 saturated heterocycles. The van der Waals surface area contributed by atoms with Crippen molar-refractivity contribution in [2.75, 3.05) is 5.32 Å². The number of aliphatic imine (C=N–C) groups is 1. The highest BCUT2D eigenvalue weighted by Gasteiger charge is 2.25.